The standard InChI is InChI=1S/C21H23N3O4/c1-4-28-17-8-6-16(7-9-17)24-12-11-22-20(21(24)25)23-14-15-5-10-18(26-2)19(13-15)27-3/h5-13H,4,14H2,1-3H3,(H,22,23). The average molecular weight is 381 g/mol. The van der Waals surface area contributed by atoms with Crippen molar-refractivity contribution >= 4 is 5.82 Å². The van der Waals surface area contributed by atoms with E-state index in [0.717, 1.165) is 17.0 Å². The number of nitrogens with zero attached hydrogens (tertiary/aromatic N) is 2. The van der Waals surface area contributed by atoms with Gasteiger partial charge in [0.05, 0.1) is 20.8 Å². The van der Waals surface area contributed by atoms with E-state index in [-0.39, 0.29) is 11.4 Å². The Morgan fingerprint density at radius 3 is 2.46 bits per heavy atom. The SMILES string of the molecule is CCOc1ccc(-n2ccnc(NCc3ccc(OC)c(OC)c3)c2=O)cc1. The van der Waals surface area contributed by atoms with Crippen LogP contribution in [-0.4, -0.2) is 30.4 Å². The van der Waals surface area contributed by atoms with Crippen LogP contribution in [0, 0.1) is 0 Å². The molecule has 0 fully saturated rings. The van der Waals surface area contributed by atoms with Crippen LogP contribution in [0.25, 0.3) is 5.69 Å². The van der Waals surface area contributed by atoms with Crippen LogP contribution in [0.2, 0.25) is 0 Å². The van der Waals surface area contributed by atoms with Gasteiger partial charge in [-0.2, -0.15) is 0 Å². The summed E-state index contributed by atoms with van der Waals surface area (Å²) in [6.45, 7) is 2.95. The van der Waals surface area contributed by atoms with Crippen molar-refractivity contribution in [2.24, 2.45) is 0 Å². The summed E-state index contributed by atoms with van der Waals surface area (Å²) in [5.41, 5.74) is 1.45. The van der Waals surface area contributed by atoms with Gasteiger partial charge in [-0.15, -0.1) is 0 Å². The molecule has 0 radical (unpaired) electrons. The van der Waals surface area contributed by atoms with Gasteiger partial charge >= 0.3 is 0 Å². The molecular weight excluding hydrogens is 358 g/mol. The molecule has 0 unspecified atom stereocenters. The monoisotopic (exact) mass is 381 g/mol. The maximum atomic E-state index is 12.8. The Hall–Kier alpha value is -3.48. The van der Waals surface area contributed by atoms with Gasteiger partial charge in [0.2, 0.25) is 0 Å². The molecule has 0 aliphatic heterocycles. The highest BCUT2D eigenvalue weighted by atomic mass is 16.5. The smallest absolute Gasteiger partial charge is 0.297 e. The van der Waals surface area contributed by atoms with Gasteiger partial charge in [-0.3, -0.25) is 9.36 Å². The molecule has 0 spiro atoms. The van der Waals surface area contributed by atoms with Gasteiger partial charge in [0.25, 0.3) is 5.56 Å². The van der Waals surface area contributed by atoms with Crippen LogP contribution in [0.3, 0.4) is 0 Å². The first kappa shape index (κ1) is 19.3. The van der Waals surface area contributed by atoms with E-state index in [9.17, 15) is 4.79 Å². The number of hydrogen-bond acceptors (Lipinski definition) is 6. The van der Waals surface area contributed by atoms with E-state index in [1.165, 1.54) is 0 Å². The lowest BCUT2D eigenvalue weighted by atomic mass is 10.2. The second kappa shape index (κ2) is 8.94. The van der Waals surface area contributed by atoms with Crippen molar-refractivity contribution in [3.05, 3.63) is 70.8 Å². The summed E-state index contributed by atoms with van der Waals surface area (Å²) in [5, 5.41) is 3.09. The topological polar surface area (TPSA) is 74.6 Å². The third-order valence-corrected chi connectivity index (χ3v) is 4.17. The molecule has 0 saturated heterocycles. The van der Waals surface area contributed by atoms with Crippen LogP contribution in [-0.2, 0) is 6.54 Å². The van der Waals surface area contributed by atoms with E-state index in [0.29, 0.717) is 24.7 Å². The molecule has 0 aliphatic rings. The fraction of sp³-hybridized carbons (Fsp3) is 0.238. The first-order valence-corrected chi connectivity index (χ1v) is 8.92. The Balaban J connectivity index is 1.79. The lowest BCUT2D eigenvalue weighted by molar-refractivity contribution is 0.340. The van der Waals surface area contributed by atoms with E-state index in [1.807, 2.05) is 49.4 Å². The molecule has 7 nitrogen and oxygen atoms in total. The van der Waals surface area contributed by atoms with Crippen molar-refractivity contribution in [1.29, 1.82) is 0 Å². The fourth-order valence-corrected chi connectivity index (χ4v) is 2.78. The number of methoxy groups -OCH3 is 2. The van der Waals surface area contributed by atoms with E-state index in [2.05, 4.69) is 10.3 Å². The number of ether oxygens (including phenoxy) is 3. The number of rotatable bonds is 8. The van der Waals surface area contributed by atoms with Crippen molar-refractivity contribution in [3.63, 3.8) is 0 Å². The highest BCUT2D eigenvalue weighted by Crippen LogP contribution is 2.27. The molecule has 28 heavy (non-hydrogen) atoms. The van der Waals surface area contributed by atoms with E-state index >= 15 is 0 Å². The Bertz CT molecular complexity index is 984. The average Bonchev–Trinajstić information content (AvgIpc) is 2.73. The van der Waals surface area contributed by atoms with Crippen LogP contribution in [0.4, 0.5) is 5.82 Å². The maximum Gasteiger partial charge on any atom is 0.297 e. The number of hydrogen-bond donors (Lipinski definition) is 1. The Labute approximate surface area is 163 Å². The van der Waals surface area contributed by atoms with Gasteiger partial charge in [0.15, 0.2) is 17.3 Å². The second-order valence-corrected chi connectivity index (χ2v) is 5.92. The van der Waals surface area contributed by atoms with Gasteiger partial charge in [-0.1, -0.05) is 6.07 Å². The number of aromatic nitrogens is 2. The summed E-state index contributed by atoms with van der Waals surface area (Å²) in [7, 11) is 3.18. The zero-order valence-corrected chi connectivity index (χ0v) is 16.1. The van der Waals surface area contributed by atoms with E-state index < -0.39 is 0 Å². The molecule has 3 rings (SSSR count). The minimum atomic E-state index is -0.230. The Kier molecular flexibility index (Phi) is 6.16. The number of benzene rings is 2. The third kappa shape index (κ3) is 4.25. The Morgan fingerprint density at radius 1 is 1.04 bits per heavy atom. The normalized spacial score (nSPS) is 10.4. The summed E-state index contributed by atoms with van der Waals surface area (Å²) in [5.74, 6) is 2.32. The highest BCUT2D eigenvalue weighted by molar-refractivity contribution is 5.45. The first-order valence-electron chi connectivity index (χ1n) is 8.92. The van der Waals surface area contributed by atoms with Gasteiger partial charge in [-0.05, 0) is 48.9 Å². The fourth-order valence-electron chi connectivity index (χ4n) is 2.78. The summed E-state index contributed by atoms with van der Waals surface area (Å²) in [6.07, 6.45) is 3.23. The van der Waals surface area contributed by atoms with Crippen molar-refractivity contribution in [2.75, 3.05) is 26.1 Å². The molecule has 0 saturated carbocycles. The summed E-state index contributed by atoms with van der Waals surface area (Å²) in [6, 6.07) is 12.9. The predicted molar refractivity (Wildman–Crippen MR) is 108 cm³/mol. The van der Waals surface area contributed by atoms with Crippen molar-refractivity contribution in [3.8, 4) is 22.9 Å². The zero-order valence-electron chi connectivity index (χ0n) is 16.1. The molecule has 2 aromatic carbocycles. The number of anilines is 1. The molecule has 0 aliphatic carbocycles. The predicted octanol–water partition coefficient (Wildman–Crippen LogP) is 3.26. The van der Waals surface area contributed by atoms with Gasteiger partial charge < -0.3 is 19.5 Å². The highest BCUT2D eigenvalue weighted by Gasteiger charge is 2.08. The minimum absolute atomic E-state index is 0.230. The lowest BCUT2D eigenvalue weighted by Gasteiger charge is -2.12. The van der Waals surface area contributed by atoms with E-state index in [4.69, 9.17) is 14.2 Å². The molecule has 3 aromatic rings. The Morgan fingerprint density at radius 2 is 1.79 bits per heavy atom. The number of nitrogens with one attached hydrogen (secondary N) is 1. The molecule has 0 atom stereocenters. The van der Waals surface area contributed by atoms with Crippen LogP contribution >= 0.6 is 0 Å². The van der Waals surface area contributed by atoms with Crippen LogP contribution in [0.15, 0.2) is 59.7 Å². The third-order valence-electron chi connectivity index (χ3n) is 4.17. The molecule has 1 aromatic heterocycles. The molecule has 0 bridgehead atoms. The zero-order chi connectivity index (χ0) is 19.9. The first-order chi connectivity index (χ1) is 13.7. The molecule has 1 N–H and O–H groups in total. The quantitative estimate of drug-likeness (QED) is 0.646. The van der Waals surface area contributed by atoms with Gasteiger partial charge in [0.1, 0.15) is 5.75 Å². The summed E-state index contributed by atoms with van der Waals surface area (Å²) in [4.78, 5) is 17.0. The van der Waals surface area contributed by atoms with Gasteiger partial charge in [-0.25, -0.2) is 4.98 Å². The second-order valence-electron chi connectivity index (χ2n) is 5.92. The summed E-state index contributed by atoms with van der Waals surface area (Å²) < 4.78 is 17.5. The molecule has 7 heteroatoms. The van der Waals surface area contributed by atoms with Crippen LogP contribution < -0.4 is 25.1 Å². The molecule has 146 valence electrons. The van der Waals surface area contributed by atoms with Crippen LogP contribution in [0.5, 0.6) is 17.2 Å². The molecular formula is C21H23N3O4. The minimum Gasteiger partial charge on any atom is -0.494 e. The van der Waals surface area contributed by atoms with Crippen LogP contribution in [0.1, 0.15) is 12.5 Å². The van der Waals surface area contributed by atoms with Gasteiger partial charge in [0, 0.05) is 24.6 Å². The van der Waals surface area contributed by atoms with Crippen molar-refractivity contribution < 1.29 is 14.2 Å². The molecule has 0 amide bonds. The van der Waals surface area contributed by atoms with Crippen molar-refractivity contribution in [1.82, 2.24) is 9.55 Å². The lowest BCUT2D eigenvalue weighted by Crippen LogP contribution is -2.23. The summed E-state index contributed by atoms with van der Waals surface area (Å²) >= 11 is 0. The molecule has 1 heterocycles. The van der Waals surface area contributed by atoms with Crippen molar-refractivity contribution in [2.45, 2.75) is 13.5 Å². The largest absolute Gasteiger partial charge is 0.494 e. The van der Waals surface area contributed by atoms with E-state index in [1.54, 1.807) is 31.2 Å². The maximum absolute atomic E-state index is 12.8.